The minimum atomic E-state index is -1.20. The molecule has 1 aliphatic heterocycles. The van der Waals surface area contributed by atoms with E-state index in [0.717, 1.165) is 0 Å². The number of hydrogen-bond acceptors (Lipinski definition) is 3. The molecule has 1 aliphatic carbocycles. The topological polar surface area (TPSA) is 94.9 Å². The molecule has 0 aromatic carbocycles. The van der Waals surface area contributed by atoms with Crippen LogP contribution in [0.3, 0.4) is 0 Å². The molecule has 0 aromatic rings. The fourth-order valence-corrected chi connectivity index (χ4v) is 2.80. The number of carboxylic acid groups (broad SMARTS) is 2. The predicted molar refractivity (Wildman–Crippen MR) is 56.1 cm³/mol. The second-order valence-electron chi connectivity index (χ2n) is 4.23. The number of amides is 1. The van der Waals surface area contributed by atoms with Gasteiger partial charge < -0.3 is 15.1 Å². The lowest BCUT2D eigenvalue weighted by Gasteiger charge is -2.26. The van der Waals surface area contributed by atoms with Crippen LogP contribution >= 0.6 is 0 Å². The van der Waals surface area contributed by atoms with Crippen molar-refractivity contribution in [3.8, 4) is 0 Å². The normalized spacial score (nSPS) is 31.4. The quantitative estimate of drug-likeness (QED) is 0.720. The highest BCUT2D eigenvalue weighted by Gasteiger charge is 2.55. The fraction of sp³-hybridized carbons (Fsp3) is 0.545. The molecule has 6 nitrogen and oxygen atoms in total. The van der Waals surface area contributed by atoms with Crippen molar-refractivity contribution < 1.29 is 24.6 Å². The molecule has 17 heavy (non-hydrogen) atoms. The molecule has 0 saturated carbocycles. The van der Waals surface area contributed by atoms with Gasteiger partial charge in [-0.1, -0.05) is 6.08 Å². The zero-order valence-electron chi connectivity index (χ0n) is 9.29. The Hall–Kier alpha value is -1.85. The van der Waals surface area contributed by atoms with Crippen molar-refractivity contribution in [2.24, 2.45) is 11.8 Å². The molecule has 2 bridgehead atoms. The van der Waals surface area contributed by atoms with Gasteiger partial charge in [-0.3, -0.25) is 9.59 Å². The average molecular weight is 239 g/mol. The van der Waals surface area contributed by atoms with E-state index in [9.17, 15) is 14.4 Å². The van der Waals surface area contributed by atoms with E-state index in [-0.39, 0.29) is 11.5 Å². The van der Waals surface area contributed by atoms with Gasteiger partial charge in [0.05, 0.1) is 11.8 Å². The highest BCUT2D eigenvalue weighted by Crippen LogP contribution is 2.41. The van der Waals surface area contributed by atoms with Crippen molar-refractivity contribution in [2.45, 2.75) is 19.4 Å². The molecule has 6 heteroatoms. The number of nitrogens with zero attached hydrogens (tertiary/aromatic N) is 1. The van der Waals surface area contributed by atoms with Gasteiger partial charge in [-0.15, -0.1) is 0 Å². The number of carboxylic acids is 2. The third-order valence-corrected chi connectivity index (χ3v) is 3.51. The Morgan fingerprint density at radius 1 is 1.47 bits per heavy atom. The number of carbonyl (C=O) groups is 3. The minimum Gasteiger partial charge on any atom is -0.481 e. The first kappa shape index (κ1) is 11.6. The van der Waals surface area contributed by atoms with Gasteiger partial charge in [0.2, 0.25) is 5.91 Å². The number of likely N-dealkylation sites (tertiary alicyclic amines) is 1. The molecule has 0 aromatic heterocycles. The molecule has 0 unspecified atom stereocenters. The summed E-state index contributed by atoms with van der Waals surface area (Å²) in [6, 6.07) is -0.405. The Morgan fingerprint density at radius 3 is 2.59 bits per heavy atom. The first-order chi connectivity index (χ1) is 7.99. The molecule has 2 rings (SSSR count). The third-order valence-electron chi connectivity index (χ3n) is 3.51. The van der Waals surface area contributed by atoms with E-state index in [4.69, 9.17) is 10.2 Å². The third kappa shape index (κ3) is 1.51. The number of rotatable bonds is 3. The van der Waals surface area contributed by atoms with Crippen molar-refractivity contribution in [1.29, 1.82) is 0 Å². The summed E-state index contributed by atoms with van der Waals surface area (Å²) in [6.45, 7) is 2.17. The largest absolute Gasteiger partial charge is 0.481 e. The predicted octanol–water partition coefficient (Wildman–Crippen LogP) is -0.0512. The maximum atomic E-state index is 12.0. The molecule has 1 fully saturated rings. The number of carbonyl (C=O) groups excluding carboxylic acids is 1. The summed E-state index contributed by atoms with van der Waals surface area (Å²) in [7, 11) is 0. The average Bonchev–Trinajstić information content (AvgIpc) is 2.45. The monoisotopic (exact) mass is 239 g/mol. The van der Waals surface area contributed by atoms with Crippen LogP contribution in [-0.4, -0.2) is 45.5 Å². The van der Waals surface area contributed by atoms with Crippen LogP contribution in [0.2, 0.25) is 0 Å². The maximum Gasteiger partial charge on any atom is 0.332 e. The molecule has 0 radical (unpaired) electrons. The van der Waals surface area contributed by atoms with E-state index in [1.165, 1.54) is 11.0 Å². The highest BCUT2D eigenvalue weighted by molar-refractivity contribution is 6.01. The molecule has 1 saturated heterocycles. The van der Waals surface area contributed by atoms with E-state index in [0.29, 0.717) is 13.0 Å². The summed E-state index contributed by atoms with van der Waals surface area (Å²) >= 11 is 0. The zero-order chi connectivity index (χ0) is 12.7. The Bertz CT molecular complexity index is 428. The van der Waals surface area contributed by atoms with Crippen LogP contribution in [-0.2, 0) is 14.4 Å². The summed E-state index contributed by atoms with van der Waals surface area (Å²) in [5.74, 6) is -4.64. The minimum absolute atomic E-state index is 0.0744. The maximum absolute atomic E-state index is 12.0. The number of hydrogen-bond donors (Lipinski definition) is 2. The van der Waals surface area contributed by atoms with Crippen LogP contribution in [0.25, 0.3) is 0 Å². The fourth-order valence-electron chi connectivity index (χ4n) is 2.80. The number of aliphatic carboxylic acids is 2. The van der Waals surface area contributed by atoms with Crippen LogP contribution in [0.15, 0.2) is 11.6 Å². The SMILES string of the molecule is CCN1C(=O)[C@@H]2C(C(=O)O)=CC[C@H]1[C@H]2C(=O)O. The van der Waals surface area contributed by atoms with Crippen LogP contribution in [0.1, 0.15) is 13.3 Å². The molecule has 0 spiro atoms. The molecule has 2 N–H and O–H groups in total. The van der Waals surface area contributed by atoms with Crippen LogP contribution in [0, 0.1) is 11.8 Å². The molecule has 1 amide bonds. The molecular weight excluding hydrogens is 226 g/mol. The Labute approximate surface area is 97.5 Å². The standard InChI is InChI=1S/C11H13NO5/c1-2-12-6-4-3-5(10(14)15)7(9(12)13)8(6)11(16)17/h3,6-8H,2,4H2,1H3,(H,14,15)(H,16,17)/t6-,7+,8+/m0/s1. The van der Waals surface area contributed by atoms with E-state index in [1.807, 2.05) is 0 Å². The highest BCUT2D eigenvalue weighted by atomic mass is 16.4. The van der Waals surface area contributed by atoms with Gasteiger partial charge in [-0.25, -0.2) is 4.79 Å². The van der Waals surface area contributed by atoms with Crippen molar-refractivity contribution in [3.05, 3.63) is 11.6 Å². The summed E-state index contributed by atoms with van der Waals surface area (Å²) < 4.78 is 0. The zero-order valence-corrected chi connectivity index (χ0v) is 9.29. The Kier molecular flexibility index (Phi) is 2.65. The van der Waals surface area contributed by atoms with Gasteiger partial charge in [0.15, 0.2) is 0 Å². The smallest absolute Gasteiger partial charge is 0.332 e. The van der Waals surface area contributed by atoms with Gasteiger partial charge in [0, 0.05) is 18.2 Å². The molecule has 92 valence electrons. The van der Waals surface area contributed by atoms with Crippen LogP contribution < -0.4 is 0 Å². The van der Waals surface area contributed by atoms with Crippen LogP contribution in [0.5, 0.6) is 0 Å². The van der Waals surface area contributed by atoms with E-state index >= 15 is 0 Å². The van der Waals surface area contributed by atoms with Gasteiger partial charge in [0.1, 0.15) is 0 Å². The van der Waals surface area contributed by atoms with Gasteiger partial charge in [-0.05, 0) is 13.3 Å². The summed E-state index contributed by atoms with van der Waals surface area (Å²) in [5.41, 5.74) is -0.0744. The van der Waals surface area contributed by atoms with E-state index in [1.54, 1.807) is 6.92 Å². The van der Waals surface area contributed by atoms with E-state index in [2.05, 4.69) is 0 Å². The Morgan fingerprint density at radius 2 is 2.12 bits per heavy atom. The summed E-state index contributed by atoms with van der Waals surface area (Å²) in [6.07, 6.45) is 1.78. The summed E-state index contributed by atoms with van der Waals surface area (Å²) in [5, 5.41) is 18.2. The number of fused-ring (bicyclic) bond motifs is 2. The van der Waals surface area contributed by atoms with Crippen molar-refractivity contribution in [2.75, 3.05) is 6.54 Å². The van der Waals surface area contributed by atoms with Crippen LogP contribution in [0.4, 0.5) is 0 Å². The molecule has 1 heterocycles. The van der Waals surface area contributed by atoms with E-state index < -0.39 is 29.8 Å². The second-order valence-corrected chi connectivity index (χ2v) is 4.23. The lowest BCUT2D eigenvalue weighted by molar-refractivity contribution is -0.145. The second kappa shape index (κ2) is 3.87. The van der Waals surface area contributed by atoms with Crippen molar-refractivity contribution in [3.63, 3.8) is 0 Å². The lowest BCUT2D eigenvalue weighted by atomic mass is 9.79. The molecule has 2 aliphatic rings. The lowest BCUT2D eigenvalue weighted by Crippen LogP contribution is -2.38. The van der Waals surface area contributed by atoms with Gasteiger partial charge in [-0.2, -0.15) is 0 Å². The first-order valence-corrected chi connectivity index (χ1v) is 5.45. The summed E-state index contributed by atoms with van der Waals surface area (Å²) in [4.78, 5) is 35.7. The molecular formula is C11H13NO5. The van der Waals surface area contributed by atoms with Gasteiger partial charge in [0.25, 0.3) is 0 Å². The van der Waals surface area contributed by atoms with Crippen molar-refractivity contribution in [1.82, 2.24) is 4.90 Å². The first-order valence-electron chi connectivity index (χ1n) is 5.45. The Balaban J connectivity index is 2.46. The van der Waals surface area contributed by atoms with Crippen molar-refractivity contribution >= 4 is 17.8 Å². The van der Waals surface area contributed by atoms with Gasteiger partial charge >= 0.3 is 11.9 Å². The molecule has 3 atom stereocenters.